The number of nitrogens with one attached hydrogen (secondary N) is 1. The number of esters is 1. The third-order valence-electron chi connectivity index (χ3n) is 8.49. The molecule has 5 rings (SSSR count). The number of carbonyl (C=O) groups excluding carboxylic acids is 1. The topological polar surface area (TPSA) is 34.0 Å². The molecule has 4 aliphatic rings. The molecule has 2 saturated heterocycles. The summed E-state index contributed by atoms with van der Waals surface area (Å²) >= 11 is 0. The molecule has 2 saturated carbocycles. The normalized spacial score (nSPS) is 36.9. The van der Waals surface area contributed by atoms with E-state index < -0.39 is 0 Å². The number of ether oxygens (including phenoxy) is 1. The van der Waals surface area contributed by atoms with Gasteiger partial charge in [-0.2, -0.15) is 0 Å². The van der Waals surface area contributed by atoms with Crippen LogP contribution in [0.5, 0.6) is 0 Å². The standard InChI is InChI=1S/C25H33FN2O2/c1-17-6-5-9-25(2)15-23-18(14-20(17)25)19(24(29)30-23)16-27-10-12-28(13-11-27)22-8-4-3-7-21(22)26/h3-4,7-8,18-20,23H,1,5-6,9-16H2,2H3/p+1/t18-,19+,20+,23-,25-/m1/s1. The van der Waals surface area contributed by atoms with Crippen LogP contribution in [0.25, 0.3) is 0 Å². The summed E-state index contributed by atoms with van der Waals surface area (Å²) in [5.74, 6) is 0.743. The fourth-order valence-corrected chi connectivity index (χ4v) is 6.78. The monoisotopic (exact) mass is 413 g/mol. The second-order valence-corrected chi connectivity index (χ2v) is 10.3. The molecular weight excluding hydrogens is 379 g/mol. The zero-order chi connectivity index (χ0) is 20.9. The van der Waals surface area contributed by atoms with Crippen LogP contribution in [0.1, 0.15) is 39.0 Å². The highest BCUT2D eigenvalue weighted by atomic mass is 19.1. The number of carbonyl (C=O) groups is 1. The number of quaternary nitrogens is 1. The number of anilines is 1. The summed E-state index contributed by atoms with van der Waals surface area (Å²) in [6, 6.07) is 7.01. The molecule has 2 aliphatic carbocycles. The summed E-state index contributed by atoms with van der Waals surface area (Å²) in [6.07, 6.45) is 5.74. The van der Waals surface area contributed by atoms with Gasteiger partial charge in [0.15, 0.2) is 0 Å². The van der Waals surface area contributed by atoms with Crippen molar-refractivity contribution in [1.29, 1.82) is 0 Å². The Hall–Kier alpha value is -1.88. The maximum Gasteiger partial charge on any atom is 0.315 e. The maximum atomic E-state index is 14.1. The molecule has 0 spiro atoms. The number of rotatable bonds is 3. The van der Waals surface area contributed by atoms with Gasteiger partial charge in [-0.1, -0.05) is 31.2 Å². The Morgan fingerprint density at radius 1 is 1.30 bits per heavy atom. The van der Waals surface area contributed by atoms with Gasteiger partial charge in [0, 0.05) is 5.92 Å². The minimum Gasteiger partial charge on any atom is -0.462 e. The van der Waals surface area contributed by atoms with E-state index in [2.05, 4.69) is 18.4 Å². The van der Waals surface area contributed by atoms with Crippen molar-refractivity contribution in [2.75, 3.05) is 37.6 Å². The summed E-state index contributed by atoms with van der Waals surface area (Å²) in [5.41, 5.74) is 2.34. The second-order valence-electron chi connectivity index (χ2n) is 10.3. The van der Waals surface area contributed by atoms with Crippen molar-refractivity contribution >= 4 is 11.7 Å². The van der Waals surface area contributed by atoms with E-state index in [1.54, 1.807) is 6.07 Å². The van der Waals surface area contributed by atoms with Gasteiger partial charge in [-0.05, 0) is 55.6 Å². The summed E-state index contributed by atoms with van der Waals surface area (Å²) in [5, 5.41) is 0. The Bertz CT molecular complexity index is 834. The lowest BCUT2D eigenvalue weighted by atomic mass is 9.55. The van der Waals surface area contributed by atoms with Crippen molar-refractivity contribution in [1.82, 2.24) is 0 Å². The fourth-order valence-electron chi connectivity index (χ4n) is 6.78. The molecule has 0 aromatic heterocycles. The molecule has 0 radical (unpaired) electrons. The molecule has 0 amide bonds. The molecule has 1 N–H and O–H groups in total. The first-order chi connectivity index (χ1) is 14.4. The number of benzene rings is 1. The van der Waals surface area contributed by atoms with Crippen LogP contribution in [0.4, 0.5) is 10.1 Å². The van der Waals surface area contributed by atoms with E-state index in [1.165, 1.54) is 29.4 Å². The number of piperazine rings is 1. The second kappa shape index (κ2) is 7.67. The molecule has 0 unspecified atom stereocenters. The molecule has 5 heteroatoms. The zero-order valence-electron chi connectivity index (χ0n) is 18.0. The van der Waals surface area contributed by atoms with Gasteiger partial charge in [-0.15, -0.1) is 0 Å². The first-order valence-electron chi connectivity index (χ1n) is 11.7. The molecule has 162 valence electrons. The van der Waals surface area contributed by atoms with Crippen LogP contribution in [0.2, 0.25) is 0 Å². The number of para-hydroxylation sites is 1. The molecule has 30 heavy (non-hydrogen) atoms. The van der Waals surface area contributed by atoms with E-state index in [4.69, 9.17) is 4.74 Å². The molecular formula is C25H34FN2O2+. The number of halogens is 1. The largest absolute Gasteiger partial charge is 0.462 e. The van der Waals surface area contributed by atoms with Crippen molar-refractivity contribution in [3.05, 3.63) is 42.2 Å². The van der Waals surface area contributed by atoms with Crippen LogP contribution in [0.15, 0.2) is 36.4 Å². The van der Waals surface area contributed by atoms with Crippen LogP contribution < -0.4 is 9.80 Å². The maximum absolute atomic E-state index is 14.1. The number of nitrogens with zero attached hydrogens (tertiary/aromatic N) is 1. The van der Waals surface area contributed by atoms with Gasteiger partial charge in [-0.3, -0.25) is 4.79 Å². The van der Waals surface area contributed by atoms with E-state index in [9.17, 15) is 9.18 Å². The zero-order valence-corrected chi connectivity index (χ0v) is 18.0. The lowest BCUT2D eigenvalue weighted by Crippen LogP contribution is -3.15. The Morgan fingerprint density at radius 3 is 2.83 bits per heavy atom. The SMILES string of the molecule is C=C1CCC[C@]2(C)C[C@H]3OC(=O)[C@@H](C[NH+]4CCN(c5ccccc5F)CC4)[C@H]3C[C@@H]12. The van der Waals surface area contributed by atoms with E-state index in [1.807, 2.05) is 12.1 Å². The van der Waals surface area contributed by atoms with Crippen molar-refractivity contribution < 1.29 is 18.8 Å². The summed E-state index contributed by atoms with van der Waals surface area (Å²) in [6.45, 7) is 11.1. The van der Waals surface area contributed by atoms with E-state index in [0.717, 1.165) is 52.0 Å². The summed E-state index contributed by atoms with van der Waals surface area (Å²) in [4.78, 5) is 16.4. The third kappa shape index (κ3) is 3.45. The molecule has 1 aromatic rings. The number of hydrogen-bond donors (Lipinski definition) is 1. The van der Waals surface area contributed by atoms with Crippen LogP contribution in [0.3, 0.4) is 0 Å². The van der Waals surface area contributed by atoms with Crippen molar-refractivity contribution in [3.63, 3.8) is 0 Å². The van der Waals surface area contributed by atoms with E-state index >= 15 is 0 Å². The highest BCUT2D eigenvalue weighted by Crippen LogP contribution is 2.56. The molecule has 1 aromatic carbocycles. The Labute approximate surface area is 179 Å². The first-order valence-corrected chi connectivity index (χ1v) is 11.7. The van der Waals surface area contributed by atoms with Gasteiger partial charge in [-0.25, -0.2) is 4.39 Å². The minimum absolute atomic E-state index is 0.00397. The lowest BCUT2D eigenvalue weighted by Gasteiger charge is -2.50. The lowest BCUT2D eigenvalue weighted by molar-refractivity contribution is -0.903. The van der Waals surface area contributed by atoms with Crippen LogP contribution in [-0.4, -0.2) is 44.8 Å². The van der Waals surface area contributed by atoms with Crippen LogP contribution in [0, 0.1) is 29.0 Å². The van der Waals surface area contributed by atoms with Crippen LogP contribution in [-0.2, 0) is 9.53 Å². The van der Waals surface area contributed by atoms with Gasteiger partial charge in [0.05, 0.1) is 38.4 Å². The smallest absolute Gasteiger partial charge is 0.315 e. The molecule has 0 bridgehead atoms. The molecule has 5 atom stereocenters. The molecule has 4 fully saturated rings. The van der Waals surface area contributed by atoms with Gasteiger partial charge < -0.3 is 14.5 Å². The van der Waals surface area contributed by atoms with Gasteiger partial charge >= 0.3 is 5.97 Å². The quantitative estimate of drug-likeness (QED) is 0.611. The number of fused-ring (bicyclic) bond motifs is 2. The van der Waals surface area contributed by atoms with E-state index in [-0.39, 0.29) is 29.2 Å². The Kier molecular flexibility index (Phi) is 5.12. The third-order valence-corrected chi connectivity index (χ3v) is 8.49. The summed E-state index contributed by atoms with van der Waals surface area (Å²) in [7, 11) is 0. The first kappa shape index (κ1) is 20.0. The van der Waals surface area contributed by atoms with E-state index in [0.29, 0.717) is 17.5 Å². The number of hydrogen-bond acceptors (Lipinski definition) is 3. The van der Waals surface area contributed by atoms with Gasteiger partial charge in [0.25, 0.3) is 0 Å². The average Bonchev–Trinajstić information content (AvgIpc) is 3.01. The highest BCUT2D eigenvalue weighted by Gasteiger charge is 2.56. The summed E-state index contributed by atoms with van der Waals surface area (Å²) < 4.78 is 20.1. The van der Waals surface area contributed by atoms with Crippen molar-refractivity contribution in [2.45, 2.75) is 45.1 Å². The van der Waals surface area contributed by atoms with Crippen LogP contribution >= 0.6 is 0 Å². The van der Waals surface area contributed by atoms with Gasteiger partial charge in [0.1, 0.15) is 17.8 Å². The Morgan fingerprint density at radius 2 is 2.07 bits per heavy atom. The molecule has 2 aliphatic heterocycles. The predicted molar refractivity (Wildman–Crippen MR) is 115 cm³/mol. The average molecular weight is 414 g/mol. The minimum atomic E-state index is -0.152. The highest BCUT2D eigenvalue weighted by molar-refractivity contribution is 5.75. The fraction of sp³-hybridized carbons (Fsp3) is 0.640. The van der Waals surface area contributed by atoms with Crippen molar-refractivity contribution in [3.8, 4) is 0 Å². The Balaban J connectivity index is 1.23. The predicted octanol–water partition coefficient (Wildman–Crippen LogP) is 2.84. The van der Waals surface area contributed by atoms with Gasteiger partial charge in [0.2, 0.25) is 0 Å². The number of allylic oxidation sites excluding steroid dienone is 1. The molecule has 4 nitrogen and oxygen atoms in total. The van der Waals surface area contributed by atoms with Crippen molar-refractivity contribution in [2.24, 2.45) is 23.2 Å². The molecule has 2 heterocycles.